The highest BCUT2D eigenvalue weighted by molar-refractivity contribution is 7.99. The molecule has 2 heterocycles. The van der Waals surface area contributed by atoms with Crippen LogP contribution in [0.4, 0.5) is 0 Å². The molecule has 0 saturated carbocycles. The molecule has 0 radical (unpaired) electrons. The Balaban J connectivity index is 1.57. The van der Waals surface area contributed by atoms with Crippen LogP contribution in [0.1, 0.15) is 13.8 Å². The summed E-state index contributed by atoms with van der Waals surface area (Å²) in [6.07, 6.45) is 0.116. The first-order chi connectivity index (χ1) is 12.0. The fourth-order valence-electron chi connectivity index (χ4n) is 2.71. The van der Waals surface area contributed by atoms with Crippen molar-refractivity contribution in [3.63, 3.8) is 0 Å². The van der Waals surface area contributed by atoms with Gasteiger partial charge in [-0.2, -0.15) is 0 Å². The zero-order valence-electron chi connectivity index (χ0n) is 14.5. The Hall–Kier alpha value is -2.06. The molecule has 1 saturated heterocycles. The summed E-state index contributed by atoms with van der Waals surface area (Å²) in [5.41, 5.74) is 0.808. The maximum Gasteiger partial charge on any atom is 0.277 e. The standard InChI is InChI=1S/C17H21N3O4S/c1-11-8-20(9-12(2)23-11)15(21)10-25-17-19-18-16(24-17)13-4-6-14(22-3)7-5-13/h4-7,11-12H,8-10H2,1-3H3/t11-,12-/m0/s1. The average molecular weight is 363 g/mol. The van der Waals surface area contributed by atoms with Crippen molar-refractivity contribution >= 4 is 17.7 Å². The number of rotatable bonds is 5. The van der Waals surface area contributed by atoms with Crippen LogP contribution in [-0.2, 0) is 9.53 Å². The van der Waals surface area contributed by atoms with E-state index in [-0.39, 0.29) is 23.9 Å². The van der Waals surface area contributed by atoms with Crippen molar-refractivity contribution in [2.24, 2.45) is 0 Å². The van der Waals surface area contributed by atoms with Crippen LogP contribution < -0.4 is 4.74 Å². The number of hydrogen-bond acceptors (Lipinski definition) is 7. The zero-order chi connectivity index (χ0) is 17.8. The second kappa shape index (κ2) is 7.88. The number of aromatic nitrogens is 2. The number of hydrogen-bond donors (Lipinski definition) is 0. The Morgan fingerprint density at radius 1 is 1.24 bits per heavy atom. The lowest BCUT2D eigenvalue weighted by molar-refractivity contribution is -0.140. The summed E-state index contributed by atoms with van der Waals surface area (Å²) in [6, 6.07) is 7.36. The summed E-state index contributed by atoms with van der Waals surface area (Å²) in [4.78, 5) is 14.2. The number of ether oxygens (including phenoxy) is 2. The van der Waals surface area contributed by atoms with Gasteiger partial charge < -0.3 is 18.8 Å². The van der Waals surface area contributed by atoms with Gasteiger partial charge in [0.2, 0.25) is 11.8 Å². The molecule has 8 heteroatoms. The van der Waals surface area contributed by atoms with Gasteiger partial charge in [0.15, 0.2) is 0 Å². The van der Waals surface area contributed by atoms with Gasteiger partial charge in [-0.15, -0.1) is 10.2 Å². The Labute approximate surface area is 150 Å². The van der Waals surface area contributed by atoms with E-state index in [2.05, 4.69) is 10.2 Å². The highest BCUT2D eigenvalue weighted by Crippen LogP contribution is 2.25. The van der Waals surface area contributed by atoms with E-state index in [1.807, 2.05) is 43.0 Å². The molecule has 3 rings (SSSR count). The molecule has 1 aromatic carbocycles. The van der Waals surface area contributed by atoms with E-state index in [0.717, 1.165) is 11.3 Å². The summed E-state index contributed by atoms with van der Waals surface area (Å²) >= 11 is 1.25. The second-order valence-electron chi connectivity index (χ2n) is 5.95. The zero-order valence-corrected chi connectivity index (χ0v) is 15.3. The Bertz CT molecular complexity index is 709. The van der Waals surface area contributed by atoms with Crippen molar-refractivity contribution in [3.8, 4) is 17.2 Å². The highest BCUT2D eigenvalue weighted by atomic mass is 32.2. The molecule has 2 aromatic rings. The second-order valence-corrected chi connectivity index (χ2v) is 6.87. The van der Waals surface area contributed by atoms with E-state index in [1.165, 1.54) is 11.8 Å². The Morgan fingerprint density at radius 2 is 1.92 bits per heavy atom. The SMILES string of the molecule is COc1ccc(-c2nnc(SCC(=O)N3C[C@H](C)O[C@@H](C)C3)o2)cc1. The third-order valence-corrected chi connectivity index (χ3v) is 4.64. The number of nitrogens with zero attached hydrogens (tertiary/aromatic N) is 3. The molecule has 1 fully saturated rings. The molecular weight excluding hydrogens is 342 g/mol. The van der Waals surface area contributed by atoms with Gasteiger partial charge in [0.05, 0.1) is 25.1 Å². The molecular formula is C17H21N3O4S. The third-order valence-electron chi connectivity index (χ3n) is 3.83. The molecule has 0 spiro atoms. The van der Waals surface area contributed by atoms with E-state index in [4.69, 9.17) is 13.9 Å². The summed E-state index contributed by atoms with van der Waals surface area (Å²) in [6.45, 7) is 5.18. The normalized spacial score (nSPS) is 20.5. The smallest absolute Gasteiger partial charge is 0.277 e. The maximum atomic E-state index is 12.4. The molecule has 134 valence electrons. The Kier molecular flexibility index (Phi) is 5.60. The Morgan fingerprint density at radius 3 is 2.56 bits per heavy atom. The molecule has 1 aromatic heterocycles. The largest absolute Gasteiger partial charge is 0.497 e. The van der Waals surface area contributed by atoms with Crippen LogP contribution >= 0.6 is 11.8 Å². The molecule has 0 bridgehead atoms. The van der Waals surface area contributed by atoms with E-state index < -0.39 is 0 Å². The molecule has 7 nitrogen and oxygen atoms in total. The molecule has 1 aliphatic rings. The molecule has 2 atom stereocenters. The molecule has 25 heavy (non-hydrogen) atoms. The number of carbonyl (C=O) groups excluding carboxylic acids is 1. The molecule has 0 aliphatic carbocycles. The number of methoxy groups -OCH3 is 1. The van der Waals surface area contributed by atoms with Gasteiger partial charge in [-0.3, -0.25) is 4.79 Å². The van der Waals surface area contributed by atoms with E-state index >= 15 is 0 Å². The van der Waals surface area contributed by atoms with E-state index in [1.54, 1.807) is 7.11 Å². The number of carbonyl (C=O) groups is 1. The number of morpholine rings is 1. The molecule has 1 amide bonds. The van der Waals surface area contributed by atoms with Gasteiger partial charge in [0, 0.05) is 18.7 Å². The van der Waals surface area contributed by atoms with Crippen LogP contribution in [0.3, 0.4) is 0 Å². The summed E-state index contributed by atoms with van der Waals surface area (Å²) < 4.78 is 16.4. The first-order valence-corrected chi connectivity index (χ1v) is 9.07. The van der Waals surface area contributed by atoms with E-state index in [9.17, 15) is 4.79 Å². The van der Waals surface area contributed by atoms with Crippen molar-refractivity contribution in [2.45, 2.75) is 31.3 Å². The van der Waals surface area contributed by atoms with Gasteiger partial charge in [-0.25, -0.2) is 0 Å². The van der Waals surface area contributed by atoms with Crippen LogP contribution in [0, 0.1) is 0 Å². The first kappa shape index (κ1) is 17.8. The van der Waals surface area contributed by atoms with Crippen molar-refractivity contribution < 1.29 is 18.7 Å². The van der Waals surface area contributed by atoms with Crippen LogP contribution in [-0.4, -0.2) is 59.2 Å². The van der Waals surface area contributed by atoms with Gasteiger partial charge in [0.1, 0.15) is 5.75 Å². The van der Waals surface area contributed by atoms with Crippen molar-refractivity contribution in [2.75, 3.05) is 26.0 Å². The fraction of sp³-hybridized carbons (Fsp3) is 0.471. The van der Waals surface area contributed by atoms with Crippen LogP contribution in [0.25, 0.3) is 11.5 Å². The fourth-order valence-corrected chi connectivity index (χ4v) is 3.38. The van der Waals surface area contributed by atoms with Crippen molar-refractivity contribution in [1.82, 2.24) is 15.1 Å². The average Bonchev–Trinajstić information content (AvgIpc) is 3.08. The van der Waals surface area contributed by atoms with Crippen molar-refractivity contribution in [1.29, 1.82) is 0 Å². The lowest BCUT2D eigenvalue weighted by atomic mass is 10.2. The van der Waals surface area contributed by atoms with Gasteiger partial charge in [0.25, 0.3) is 5.22 Å². The summed E-state index contributed by atoms with van der Waals surface area (Å²) in [5.74, 6) is 1.50. The molecule has 0 unspecified atom stereocenters. The lowest BCUT2D eigenvalue weighted by Gasteiger charge is -2.35. The topological polar surface area (TPSA) is 77.7 Å². The predicted molar refractivity (Wildman–Crippen MR) is 93.6 cm³/mol. The quantitative estimate of drug-likeness (QED) is 0.755. The maximum absolute atomic E-state index is 12.4. The minimum atomic E-state index is 0.0520. The van der Waals surface area contributed by atoms with Gasteiger partial charge in [-0.05, 0) is 38.1 Å². The third kappa shape index (κ3) is 4.52. The molecule has 0 N–H and O–H groups in total. The predicted octanol–water partition coefficient (Wildman–Crippen LogP) is 2.47. The summed E-state index contributed by atoms with van der Waals surface area (Å²) in [5, 5.41) is 8.42. The lowest BCUT2D eigenvalue weighted by Crippen LogP contribution is -2.48. The number of thioether (sulfide) groups is 1. The first-order valence-electron chi connectivity index (χ1n) is 8.09. The minimum Gasteiger partial charge on any atom is -0.497 e. The van der Waals surface area contributed by atoms with Gasteiger partial charge in [-0.1, -0.05) is 11.8 Å². The van der Waals surface area contributed by atoms with Crippen LogP contribution in [0.5, 0.6) is 5.75 Å². The minimum absolute atomic E-state index is 0.0520. The van der Waals surface area contributed by atoms with E-state index in [0.29, 0.717) is 24.2 Å². The highest BCUT2D eigenvalue weighted by Gasteiger charge is 2.26. The van der Waals surface area contributed by atoms with Crippen LogP contribution in [0.2, 0.25) is 0 Å². The number of amides is 1. The monoisotopic (exact) mass is 363 g/mol. The van der Waals surface area contributed by atoms with Crippen molar-refractivity contribution in [3.05, 3.63) is 24.3 Å². The van der Waals surface area contributed by atoms with Crippen LogP contribution in [0.15, 0.2) is 33.9 Å². The van der Waals surface area contributed by atoms with Gasteiger partial charge >= 0.3 is 0 Å². The molecule has 1 aliphatic heterocycles. The number of benzene rings is 1. The summed E-state index contributed by atoms with van der Waals surface area (Å²) in [7, 11) is 1.61.